The first-order valence-corrected chi connectivity index (χ1v) is 7.94. The van der Waals surface area contributed by atoms with Gasteiger partial charge >= 0.3 is 0 Å². The molecule has 21 heavy (non-hydrogen) atoms. The van der Waals surface area contributed by atoms with Crippen LogP contribution in [0.1, 0.15) is 5.56 Å². The molecular formula is C13H10Cl2FNO3S. The second-order valence-corrected chi connectivity index (χ2v) is 6.66. The van der Waals surface area contributed by atoms with Gasteiger partial charge in [0, 0.05) is 0 Å². The Labute approximate surface area is 131 Å². The first kappa shape index (κ1) is 16.0. The van der Waals surface area contributed by atoms with Gasteiger partial charge in [-0.25, -0.2) is 12.8 Å². The highest BCUT2D eigenvalue weighted by atomic mass is 35.5. The first-order chi connectivity index (χ1) is 9.83. The van der Waals surface area contributed by atoms with Crippen LogP contribution in [0.25, 0.3) is 0 Å². The van der Waals surface area contributed by atoms with Gasteiger partial charge in [0.1, 0.15) is 0 Å². The predicted octanol–water partition coefficient (Wildman–Crippen LogP) is 3.43. The predicted molar refractivity (Wildman–Crippen MR) is 79.6 cm³/mol. The Balaban J connectivity index is 2.37. The second kappa shape index (κ2) is 6.19. The topological polar surface area (TPSA) is 66.4 Å². The van der Waals surface area contributed by atoms with Gasteiger partial charge in [-0.15, -0.1) is 0 Å². The van der Waals surface area contributed by atoms with Crippen LogP contribution in [0, 0.1) is 5.82 Å². The molecule has 8 heteroatoms. The molecule has 0 unspecified atom stereocenters. The van der Waals surface area contributed by atoms with Crippen molar-refractivity contribution in [3.8, 4) is 0 Å². The Kier molecular flexibility index (Phi) is 4.73. The Bertz CT molecular complexity index is 758. The number of aliphatic hydroxyl groups is 1. The number of hydrogen-bond acceptors (Lipinski definition) is 3. The van der Waals surface area contributed by atoms with Gasteiger partial charge in [0.25, 0.3) is 10.0 Å². The smallest absolute Gasteiger partial charge is 0.261 e. The minimum absolute atomic E-state index is 0.0365. The molecule has 0 radical (unpaired) electrons. The van der Waals surface area contributed by atoms with Gasteiger partial charge in [0.2, 0.25) is 0 Å². The van der Waals surface area contributed by atoms with E-state index in [4.69, 9.17) is 28.3 Å². The quantitative estimate of drug-likeness (QED) is 0.831. The van der Waals surface area contributed by atoms with E-state index in [-0.39, 0.29) is 27.2 Å². The Morgan fingerprint density at radius 3 is 2.33 bits per heavy atom. The second-order valence-electron chi connectivity index (χ2n) is 4.16. The zero-order valence-electron chi connectivity index (χ0n) is 10.5. The molecule has 0 aromatic heterocycles. The van der Waals surface area contributed by atoms with Crippen molar-refractivity contribution < 1.29 is 17.9 Å². The molecule has 2 aromatic carbocycles. The summed E-state index contributed by atoms with van der Waals surface area (Å²) in [5.74, 6) is -0.816. The lowest BCUT2D eigenvalue weighted by Crippen LogP contribution is -2.13. The summed E-state index contributed by atoms with van der Waals surface area (Å²) < 4.78 is 40.0. The fourth-order valence-corrected chi connectivity index (χ4v) is 3.24. The third-order valence-electron chi connectivity index (χ3n) is 2.63. The summed E-state index contributed by atoms with van der Waals surface area (Å²) in [6.45, 7) is -0.280. The van der Waals surface area contributed by atoms with Crippen molar-refractivity contribution in [3.05, 3.63) is 57.8 Å². The van der Waals surface area contributed by atoms with Gasteiger partial charge in [-0.3, -0.25) is 4.72 Å². The van der Waals surface area contributed by atoms with E-state index in [9.17, 15) is 12.8 Å². The molecule has 0 heterocycles. The zero-order valence-corrected chi connectivity index (χ0v) is 12.8. The number of rotatable bonds is 4. The van der Waals surface area contributed by atoms with Crippen molar-refractivity contribution >= 4 is 38.9 Å². The van der Waals surface area contributed by atoms with Crippen LogP contribution in [0.15, 0.2) is 41.3 Å². The highest BCUT2D eigenvalue weighted by Crippen LogP contribution is 2.28. The fourth-order valence-electron chi connectivity index (χ4n) is 1.64. The average molecular weight is 350 g/mol. The lowest BCUT2D eigenvalue weighted by Gasteiger charge is -2.10. The minimum atomic E-state index is -3.89. The van der Waals surface area contributed by atoms with E-state index in [1.165, 1.54) is 18.2 Å². The molecule has 0 saturated heterocycles. The minimum Gasteiger partial charge on any atom is -0.392 e. The van der Waals surface area contributed by atoms with Crippen LogP contribution < -0.4 is 4.72 Å². The Hall–Kier alpha value is -1.34. The van der Waals surface area contributed by atoms with Crippen LogP contribution in [0.5, 0.6) is 0 Å². The van der Waals surface area contributed by atoms with Gasteiger partial charge in [-0.05, 0) is 29.8 Å². The Morgan fingerprint density at radius 1 is 1.14 bits per heavy atom. The molecule has 2 N–H and O–H groups in total. The van der Waals surface area contributed by atoms with Gasteiger partial charge in [0.15, 0.2) is 5.82 Å². The number of anilines is 1. The largest absolute Gasteiger partial charge is 0.392 e. The average Bonchev–Trinajstić information content (AvgIpc) is 2.44. The number of aliphatic hydroxyl groups excluding tert-OH is 1. The monoisotopic (exact) mass is 349 g/mol. The summed E-state index contributed by atoms with van der Waals surface area (Å²) >= 11 is 11.2. The maximum absolute atomic E-state index is 13.3. The van der Waals surface area contributed by atoms with Crippen molar-refractivity contribution in [1.82, 2.24) is 0 Å². The van der Waals surface area contributed by atoms with Crippen LogP contribution in [-0.2, 0) is 16.6 Å². The molecule has 0 saturated carbocycles. The molecule has 2 aromatic rings. The number of benzene rings is 2. The number of hydrogen-bond donors (Lipinski definition) is 2. The molecule has 0 aliphatic rings. The third-order valence-corrected chi connectivity index (χ3v) is 4.56. The lowest BCUT2D eigenvalue weighted by molar-refractivity contribution is 0.281. The van der Waals surface area contributed by atoms with Crippen LogP contribution in [0.3, 0.4) is 0 Å². The summed E-state index contributed by atoms with van der Waals surface area (Å²) in [6.07, 6.45) is 0. The van der Waals surface area contributed by atoms with E-state index in [1.54, 1.807) is 6.07 Å². The summed E-state index contributed by atoms with van der Waals surface area (Å²) in [6, 6.07) is 8.03. The summed E-state index contributed by atoms with van der Waals surface area (Å²) in [5.41, 5.74) is 0.494. The van der Waals surface area contributed by atoms with Crippen molar-refractivity contribution in [2.24, 2.45) is 0 Å². The third kappa shape index (κ3) is 3.65. The van der Waals surface area contributed by atoms with E-state index in [0.29, 0.717) is 5.56 Å². The van der Waals surface area contributed by atoms with E-state index < -0.39 is 15.8 Å². The molecule has 0 atom stereocenters. The Morgan fingerprint density at radius 2 is 1.76 bits per heavy atom. The molecule has 112 valence electrons. The SMILES string of the molecule is O=S(=O)(Nc1cc(Cl)c(F)c(Cl)c1)c1cccc(CO)c1. The van der Waals surface area contributed by atoms with E-state index in [2.05, 4.69) is 4.72 Å². The van der Waals surface area contributed by atoms with Gasteiger partial charge in [0.05, 0.1) is 27.2 Å². The molecular weight excluding hydrogens is 340 g/mol. The van der Waals surface area contributed by atoms with Crippen LogP contribution in [-0.4, -0.2) is 13.5 Å². The number of nitrogens with one attached hydrogen (secondary N) is 1. The summed E-state index contributed by atoms with van der Waals surface area (Å²) in [4.78, 5) is -0.0365. The highest BCUT2D eigenvalue weighted by Gasteiger charge is 2.16. The summed E-state index contributed by atoms with van der Waals surface area (Å²) in [5, 5.41) is 8.45. The molecule has 0 bridgehead atoms. The van der Waals surface area contributed by atoms with Crippen molar-refractivity contribution in [2.75, 3.05) is 4.72 Å². The van der Waals surface area contributed by atoms with Crippen LogP contribution in [0.2, 0.25) is 10.0 Å². The summed E-state index contributed by atoms with van der Waals surface area (Å²) in [7, 11) is -3.89. The normalized spacial score (nSPS) is 11.4. The standard InChI is InChI=1S/C13H10Cl2FNO3S/c14-11-5-9(6-12(15)13(11)16)17-21(19,20)10-3-1-2-8(4-10)7-18/h1-6,17-18H,7H2. The molecule has 0 amide bonds. The van der Waals surface area contributed by atoms with Gasteiger partial charge in [-0.1, -0.05) is 35.3 Å². The molecule has 0 fully saturated rings. The molecule has 0 aliphatic heterocycles. The van der Waals surface area contributed by atoms with E-state index in [0.717, 1.165) is 12.1 Å². The van der Waals surface area contributed by atoms with Gasteiger partial charge < -0.3 is 5.11 Å². The first-order valence-electron chi connectivity index (χ1n) is 5.70. The van der Waals surface area contributed by atoms with Gasteiger partial charge in [-0.2, -0.15) is 0 Å². The molecule has 4 nitrogen and oxygen atoms in total. The fraction of sp³-hybridized carbons (Fsp3) is 0.0769. The van der Waals surface area contributed by atoms with E-state index in [1.807, 2.05) is 0 Å². The van der Waals surface area contributed by atoms with Crippen molar-refractivity contribution in [2.45, 2.75) is 11.5 Å². The molecule has 2 rings (SSSR count). The maximum atomic E-state index is 13.3. The van der Waals surface area contributed by atoms with Crippen LogP contribution >= 0.6 is 23.2 Å². The highest BCUT2D eigenvalue weighted by molar-refractivity contribution is 7.92. The molecule has 0 spiro atoms. The number of sulfonamides is 1. The van der Waals surface area contributed by atoms with E-state index >= 15 is 0 Å². The van der Waals surface area contributed by atoms with Crippen molar-refractivity contribution in [3.63, 3.8) is 0 Å². The zero-order chi connectivity index (χ0) is 15.6. The lowest BCUT2D eigenvalue weighted by atomic mass is 10.2. The maximum Gasteiger partial charge on any atom is 0.261 e. The van der Waals surface area contributed by atoms with Crippen molar-refractivity contribution in [1.29, 1.82) is 0 Å². The van der Waals surface area contributed by atoms with Crippen LogP contribution in [0.4, 0.5) is 10.1 Å². The number of halogens is 3. The molecule has 0 aliphatic carbocycles.